The Bertz CT molecular complexity index is 2860. The highest BCUT2D eigenvalue weighted by Crippen LogP contribution is 2.43. The first-order chi connectivity index (χ1) is 30.4. The van der Waals surface area contributed by atoms with Crippen LogP contribution in [0.3, 0.4) is 0 Å². The van der Waals surface area contributed by atoms with Gasteiger partial charge in [-0.25, -0.2) is 9.18 Å². The van der Waals surface area contributed by atoms with Gasteiger partial charge in [-0.2, -0.15) is 0 Å². The maximum absolute atomic E-state index is 14.6. The Balaban J connectivity index is 1.32. The molecule has 0 unspecified atom stereocenters. The van der Waals surface area contributed by atoms with E-state index in [9.17, 15) is 63.5 Å². The van der Waals surface area contributed by atoms with Gasteiger partial charge in [0, 0.05) is 46.0 Å². The summed E-state index contributed by atoms with van der Waals surface area (Å²) in [6.45, 7) is -3.44. The van der Waals surface area contributed by atoms with E-state index in [1.54, 1.807) is 12.1 Å². The van der Waals surface area contributed by atoms with Gasteiger partial charge in [0.25, 0.3) is 5.91 Å². The lowest BCUT2D eigenvalue weighted by atomic mass is 9.89. The number of nitrogens with zero attached hydrogens (tertiary/aromatic N) is 2. The zero-order chi connectivity index (χ0) is 46.4. The van der Waals surface area contributed by atoms with Gasteiger partial charge in [0.1, 0.15) is 68.1 Å². The standard InChI is InChI=1S/C43H32Cl2FN3O15/c44-27-13-25-34(15-29(27)46)64-35-16-32(50)28(45)14-26(35)41(25)23-7-5-21(11-24(23)43(60)61)42(59)47-22-6-8-31(49(19-39(55)56)20-40(57)58)36(12-22)63-10-9-62-33-4-2-1-3-30(33)48(17-37(51)52)18-38(53)54/h1-8,11-16H,9-10,17-20H2,(H,47,59)(H,51,52)(H,53,54)(H,55,56)(H,57,58)(H,60,61). The second-order valence-electron chi connectivity index (χ2n) is 13.7. The molecule has 64 heavy (non-hydrogen) atoms. The summed E-state index contributed by atoms with van der Waals surface area (Å²) in [5.41, 5.74) is -0.761. The van der Waals surface area contributed by atoms with Gasteiger partial charge in [0.05, 0.1) is 27.0 Å². The summed E-state index contributed by atoms with van der Waals surface area (Å²) >= 11 is 12.3. The number of fused-ring (bicyclic) bond motifs is 2. The molecule has 0 saturated heterocycles. The minimum atomic E-state index is -1.48. The summed E-state index contributed by atoms with van der Waals surface area (Å²) in [6, 6.07) is 18.1. The number of anilines is 3. The average molecular weight is 921 g/mol. The molecule has 1 heterocycles. The number of aromatic carboxylic acids is 1. The van der Waals surface area contributed by atoms with E-state index in [0.717, 1.165) is 28.0 Å². The van der Waals surface area contributed by atoms with Crippen molar-refractivity contribution in [3.63, 3.8) is 0 Å². The van der Waals surface area contributed by atoms with E-state index in [4.69, 9.17) is 37.1 Å². The molecule has 0 radical (unpaired) electrons. The molecule has 4 aromatic rings. The first-order valence-electron chi connectivity index (χ1n) is 18.5. The molecule has 4 aromatic carbocycles. The lowest BCUT2D eigenvalue weighted by Crippen LogP contribution is -2.35. The molecule has 1 amide bonds. The third kappa shape index (κ3) is 10.6. The number of amides is 1. The number of halogens is 3. The van der Waals surface area contributed by atoms with Crippen LogP contribution in [0.4, 0.5) is 21.5 Å². The van der Waals surface area contributed by atoms with Gasteiger partial charge in [0.2, 0.25) is 5.43 Å². The first kappa shape index (κ1) is 45.6. The second kappa shape index (κ2) is 19.4. The number of carboxylic acid groups (broad SMARTS) is 5. The van der Waals surface area contributed by atoms with Crippen LogP contribution in [0.1, 0.15) is 20.7 Å². The predicted molar refractivity (Wildman–Crippen MR) is 228 cm³/mol. The van der Waals surface area contributed by atoms with Crippen LogP contribution in [-0.4, -0.2) is 101 Å². The van der Waals surface area contributed by atoms with Crippen molar-refractivity contribution < 1.29 is 72.6 Å². The van der Waals surface area contributed by atoms with Crippen LogP contribution >= 0.6 is 23.2 Å². The average Bonchev–Trinajstić information content (AvgIpc) is 3.21. The topological polar surface area (TPSA) is 271 Å². The first-order valence-corrected chi connectivity index (χ1v) is 19.3. The minimum Gasteiger partial charge on any atom is -0.488 e. The summed E-state index contributed by atoms with van der Waals surface area (Å²) in [7, 11) is 0. The van der Waals surface area contributed by atoms with E-state index in [0.29, 0.717) is 0 Å². The Morgan fingerprint density at radius 3 is 1.86 bits per heavy atom. The zero-order valence-electron chi connectivity index (χ0n) is 32.7. The molecule has 6 N–H and O–H groups in total. The molecule has 2 aliphatic rings. The van der Waals surface area contributed by atoms with Crippen molar-refractivity contribution in [1.29, 1.82) is 0 Å². The van der Waals surface area contributed by atoms with E-state index >= 15 is 0 Å². The third-order valence-corrected chi connectivity index (χ3v) is 9.85. The molecule has 0 spiro atoms. The minimum absolute atomic E-state index is 0.0190. The molecule has 0 bridgehead atoms. The number of carboxylic acids is 5. The van der Waals surface area contributed by atoms with Crippen LogP contribution in [-0.2, 0) is 19.2 Å². The number of para-hydroxylation sites is 2. The largest absolute Gasteiger partial charge is 0.488 e. The Kier molecular flexibility index (Phi) is 13.9. The maximum atomic E-state index is 14.6. The number of carbonyl (C=O) groups is 6. The van der Waals surface area contributed by atoms with Gasteiger partial charge in [-0.15, -0.1) is 0 Å². The lowest BCUT2D eigenvalue weighted by molar-refractivity contribution is -0.138. The molecule has 0 saturated carbocycles. The smallest absolute Gasteiger partial charge is 0.336 e. The maximum Gasteiger partial charge on any atom is 0.336 e. The third-order valence-electron chi connectivity index (χ3n) is 9.26. The van der Waals surface area contributed by atoms with Crippen molar-refractivity contribution >= 4 is 87.0 Å². The highest BCUT2D eigenvalue weighted by atomic mass is 35.5. The Morgan fingerprint density at radius 1 is 0.656 bits per heavy atom. The number of benzene rings is 5. The van der Waals surface area contributed by atoms with Crippen molar-refractivity contribution in [3.8, 4) is 33.9 Å². The quantitative estimate of drug-likeness (QED) is 0.0380. The van der Waals surface area contributed by atoms with E-state index < -0.39 is 78.7 Å². The number of nitrogens with one attached hydrogen (secondary N) is 1. The SMILES string of the molecule is O=C(O)CN(CC(=O)O)c1ccccc1OCCOc1cc(NC(=O)c2ccc(-c3c4cc(Cl)c(=O)cc-4oc4cc(F)c(Cl)cc34)c(C(=O)O)c2)ccc1N(CC(=O)O)CC(=O)O. The summed E-state index contributed by atoms with van der Waals surface area (Å²) < 4.78 is 32.1. The molecule has 1 aliphatic heterocycles. The van der Waals surface area contributed by atoms with Crippen LogP contribution in [0.15, 0.2) is 94.1 Å². The van der Waals surface area contributed by atoms with Crippen molar-refractivity contribution in [3.05, 3.63) is 122 Å². The summed E-state index contributed by atoms with van der Waals surface area (Å²) in [5, 5.41) is 50.4. The number of hydrogen-bond acceptors (Lipinski definition) is 12. The molecule has 0 aromatic heterocycles. The van der Waals surface area contributed by atoms with Crippen LogP contribution in [0.5, 0.6) is 11.5 Å². The Labute approximate surface area is 369 Å². The molecular weight excluding hydrogens is 888 g/mol. The number of aliphatic carboxylic acids is 4. The summed E-state index contributed by atoms with van der Waals surface area (Å²) in [6.07, 6.45) is 0. The second-order valence-corrected chi connectivity index (χ2v) is 14.5. The molecule has 1 aliphatic carbocycles. The Morgan fingerprint density at radius 2 is 1.25 bits per heavy atom. The number of ether oxygens (including phenoxy) is 2. The van der Waals surface area contributed by atoms with Crippen molar-refractivity contribution in [2.24, 2.45) is 0 Å². The molecule has 6 rings (SSSR count). The van der Waals surface area contributed by atoms with Gasteiger partial charge in [-0.3, -0.25) is 28.8 Å². The fraction of sp³-hybridized carbons (Fsp3) is 0.140. The fourth-order valence-corrected chi connectivity index (χ4v) is 7.01. The highest BCUT2D eigenvalue weighted by molar-refractivity contribution is 6.32. The number of hydrogen-bond donors (Lipinski definition) is 6. The molecule has 21 heteroatoms. The monoisotopic (exact) mass is 919 g/mol. The number of rotatable bonds is 19. The molecule has 0 fully saturated rings. The van der Waals surface area contributed by atoms with Crippen molar-refractivity contribution in [2.45, 2.75) is 0 Å². The summed E-state index contributed by atoms with van der Waals surface area (Å²) in [4.78, 5) is 87.4. The van der Waals surface area contributed by atoms with E-state index in [1.807, 2.05) is 0 Å². The Hall–Kier alpha value is -7.90. The van der Waals surface area contributed by atoms with Crippen molar-refractivity contribution in [1.82, 2.24) is 0 Å². The lowest BCUT2D eigenvalue weighted by Gasteiger charge is -2.25. The molecule has 18 nitrogen and oxygen atoms in total. The van der Waals surface area contributed by atoms with Gasteiger partial charge in [-0.1, -0.05) is 41.4 Å². The van der Waals surface area contributed by atoms with Gasteiger partial charge in [0.15, 0.2) is 0 Å². The van der Waals surface area contributed by atoms with Crippen molar-refractivity contribution in [2.75, 3.05) is 54.5 Å². The van der Waals surface area contributed by atoms with Gasteiger partial charge < -0.3 is 54.5 Å². The van der Waals surface area contributed by atoms with Gasteiger partial charge >= 0.3 is 29.8 Å². The molecule has 330 valence electrons. The highest BCUT2D eigenvalue weighted by Gasteiger charge is 2.26. The molecule has 0 atom stereocenters. The molecular formula is C43H32Cl2FN3O15. The van der Waals surface area contributed by atoms with Crippen LogP contribution in [0, 0.1) is 5.82 Å². The van der Waals surface area contributed by atoms with E-state index in [1.165, 1.54) is 54.6 Å². The van der Waals surface area contributed by atoms with Crippen LogP contribution < -0.4 is 30.0 Å². The predicted octanol–water partition coefficient (Wildman–Crippen LogP) is 6.37. The zero-order valence-corrected chi connectivity index (χ0v) is 34.2. The van der Waals surface area contributed by atoms with Crippen LogP contribution in [0.2, 0.25) is 10.0 Å². The van der Waals surface area contributed by atoms with E-state index in [-0.39, 0.29) is 90.8 Å². The fourth-order valence-electron chi connectivity index (χ4n) is 6.68. The van der Waals surface area contributed by atoms with Crippen LogP contribution in [0.25, 0.3) is 33.4 Å². The van der Waals surface area contributed by atoms with E-state index in [2.05, 4.69) is 5.32 Å². The normalized spacial score (nSPS) is 10.9. The summed E-state index contributed by atoms with van der Waals surface area (Å²) in [5.74, 6) is -8.60. The number of carbonyl (C=O) groups excluding carboxylic acids is 1. The van der Waals surface area contributed by atoms with Gasteiger partial charge in [-0.05, 0) is 54.1 Å².